The number of halogens is 1. The molecule has 2 aromatic rings. The monoisotopic (exact) mass is 418 g/mol. The zero-order chi connectivity index (χ0) is 17.2. The molecule has 4 rings (SSSR count). The highest BCUT2D eigenvalue weighted by Gasteiger charge is 2.31. The normalized spacial score (nSPS) is 21.2. The third-order valence-electron chi connectivity index (χ3n) is 5.30. The van der Waals surface area contributed by atoms with Crippen LogP contribution < -0.4 is 0 Å². The largest absolute Gasteiger partial charge is 0.334 e. The van der Waals surface area contributed by atoms with Crippen LogP contribution >= 0.6 is 27.3 Å². The van der Waals surface area contributed by atoms with Crippen LogP contribution in [0.4, 0.5) is 0 Å². The predicted molar refractivity (Wildman–Crippen MR) is 107 cm³/mol. The maximum absolute atomic E-state index is 13.0. The van der Waals surface area contributed by atoms with Crippen molar-refractivity contribution in [2.75, 3.05) is 26.2 Å². The molecule has 0 saturated carbocycles. The highest BCUT2D eigenvalue weighted by atomic mass is 79.9. The van der Waals surface area contributed by atoms with E-state index in [1.807, 2.05) is 12.1 Å². The van der Waals surface area contributed by atoms with E-state index in [1.54, 1.807) is 11.3 Å². The third kappa shape index (κ3) is 3.83. The molecular formula is C20H23BrN2OS. The lowest BCUT2D eigenvalue weighted by molar-refractivity contribution is 0.0709. The highest BCUT2D eigenvalue weighted by molar-refractivity contribution is 9.11. The Hall–Kier alpha value is -1.17. The number of benzene rings is 1. The van der Waals surface area contributed by atoms with Crippen molar-refractivity contribution >= 4 is 33.2 Å². The molecule has 0 bridgehead atoms. The first kappa shape index (κ1) is 17.3. The number of carbonyl (C=O) groups excluding carboxylic acids is 1. The fourth-order valence-corrected chi connectivity index (χ4v) is 5.36. The summed E-state index contributed by atoms with van der Waals surface area (Å²) in [6, 6.07) is 12.7. The molecule has 2 aliphatic heterocycles. The second-order valence-corrected chi connectivity index (χ2v) is 9.45. The summed E-state index contributed by atoms with van der Waals surface area (Å²) in [6.07, 6.45) is 4.89. The summed E-state index contributed by atoms with van der Waals surface area (Å²) < 4.78 is 1.13. The van der Waals surface area contributed by atoms with Crippen molar-refractivity contribution in [1.82, 2.24) is 9.80 Å². The van der Waals surface area contributed by atoms with Gasteiger partial charge in [0.15, 0.2) is 0 Å². The molecule has 0 radical (unpaired) electrons. The first-order valence-electron chi connectivity index (χ1n) is 9.10. The van der Waals surface area contributed by atoms with Crippen LogP contribution in [-0.2, 0) is 0 Å². The van der Waals surface area contributed by atoms with Crippen molar-refractivity contribution in [3.8, 4) is 10.4 Å². The van der Waals surface area contributed by atoms with E-state index in [4.69, 9.17) is 0 Å². The summed E-state index contributed by atoms with van der Waals surface area (Å²) in [5.74, 6) is 0.195. The minimum Gasteiger partial charge on any atom is -0.334 e. The number of nitrogens with zero attached hydrogens (tertiary/aromatic N) is 2. The minimum atomic E-state index is 0.195. The number of carbonyl (C=O) groups is 1. The number of thiophene rings is 1. The van der Waals surface area contributed by atoms with Crippen LogP contribution in [0.15, 0.2) is 40.2 Å². The number of likely N-dealkylation sites (tertiary alicyclic amines) is 2. The Labute approximate surface area is 161 Å². The molecule has 0 unspecified atom stereocenters. The fraction of sp³-hybridized carbons (Fsp3) is 0.450. The van der Waals surface area contributed by atoms with Gasteiger partial charge in [0.25, 0.3) is 5.91 Å². The topological polar surface area (TPSA) is 23.6 Å². The van der Waals surface area contributed by atoms with Gasteiger partial charge in [-0.3, -0.25) is 4.79 Å². The molecule has 132 valence electrons. The molecule has 1 aromatic carbocycles. The van der Waals surface area contributed by atoms with Crippen LogP contribution in [0.2, 0.25) is 0 Å². The van der Waals surface area contributed by atoms with E-state index >= 15 is 0 Å². The van der Waals surface area contributed by atoms with Crippen LogP contribution in [-0.4, -0.2) is 47.9 Å². The Bertz CT molecular complexity index is 736. The van der Waals surface area contributed by atoms with Crippen molar-refractivity contribution in [2.24, 2.45) is 0 Å². The molecule has 3 heterocycles. The third-order valence-corrected chi connectivity index (χ3v) is 6.97. The molecule has 2 fully saturated rings. The zero-order valence-corrected chi connectivity index (χ0v) is 16.7. The van der Waals surface area contributed by atoms with E-state index in [9.17, 15) is 4.79 Å². The van der Waals surface area contributed by atoms with Crippen LogP contribution in [0, 0.1) is 0 Å². The van der Waals surface area contributed by atoms with Gasteiger partial charge in [0.2, 0.25) is 0 Å². The molecular weight excluding hydrogens is 396 g/mol. The first-order chi connectivity index (χ1) is 12.2. The lowest BCUT2D eigenvalue weighted by Crippen LogP contribution is -2.42. The average molecular weight is 419 g/mol. The quantitative estimate of drug-likeness (QED) is 0.706. The zero-order valence-electron chi connectivity index (χ0n) is 14.3. The maximum Gasteiger partial charge on any atom is 0.254 e. The molecule has 0 aliphatic carbocycles. The second-order valence-electron chi connectivity index (χ2n) is 6.98. The fourth-order valence-electron chi connectivity index (χ4n) is 3.97. The lowest BCUT2D eigenvalue weighted by atomic mass is 10.1. The van der Waals surface area contributed by atoms with Gasteiger partial charge in [-0.05, 0) is 84.5 Å². The standard InChI is InChI=1S/C20H23BrN2OS/c21-19-10-9-18(25-19)15-5-7-16(8-6-15)20(24)23-13-3-4-17(23)14-22-11-1-2-12-22/h5-10,17H,1-4,11-14H2/t17-/m0/s1. The molecule has 1 atom stereocenters. The molecule has 3 nitrogen and oxygen atoms in total. The van der Waals surface area contributed by atoms with Gasteiger partial charge in [0.1, 0.15) is 0 Å². The molecule has 0 N–H and O–H groups in total. The summed E-state index contributed by atoms with van der Waals surface area (Å²) >= 11 is 5.22. The molecule has 2 saturated heterocycles. The number of hydrogen-bond donors (Lipinski definition) is 0. The van der Waals surface area contributed by atoms with Gasteiger partial charge in [-0.25, -0.2) is 0 Å². The van der Waals surface area contributed by atoms with Gasteiger partial charge in [-0.1, -0.05) is 12.1 Å². The van der Waals surface area contributed by atoms with Crippen molar-refractivity contribution in [2.45, 2.75) is 31.7 Å². The predicted octanol–water partition coefficient (Wildman–Crippen LogP) is 4.88. The summed E-state index contributed by atoms with van der Waals surface area (Å²) in [4.78, 5) is 18.8. The number of hydrogen-bond acceptors (Lipinski definition) is 3. The van der Waals surface area contributed by atoms with Crippen LogP contribution in [0.25, 0.3) is 10.4 Å². The van der Waals surface area contributed by atoms with Crippen molar-refractivity contribution in [3.05, 3.63) is 45.7 Å². The Morgan fingerprint density at radius 1 is 1.04 bits per heavy atom. The summed E-state index contributed by atoms with van der Waals surface area (Å²) in [5.41, 5.74) is 1.98. The van der Waals surface area contributed by atoms with E-state index in [1.165, 1.54) is 36.4 Å². The second kappa shape index (κ2) is 7.60. The van der Waals surface area contributed by atoms with Gasteiger partial charge < -0.3 is 9.80 Å². The number of amides is 1. The van der Waals surface area contributed by atoms with E-state index < -0.39 is 0 Å². The summed E-state index contributed by atoms with van der Waals surface area (Å²) in [6.45, 7) is 4.34. The molecule has 1 amide bonds. The summed E-state index contributed by atoms with van der Waals surface area (Å²) in [5, 5.41) is 0. The van der Waals surface area contributed by atoms with Crippen molar-refractivity contribution in [1.29, 1.82) is 0 Å². The number of rotatable bonds is 4. The first-order valence-corrected chi connectivity index (χ1v) is 10.7. The van der Waals surface area contributed by atoms with E-state index in [0.717, 1.165) is 35.3 Å². The smallest absolute Gasteiger partial charge is 0.254 e. The Morgan fingerprint density at radius 3 is 2.48 bits per heavy atom. The van der Waals surface area contributed by atoms with Gasteiger partial charge in [0.05, 0.1) is 3.79 Å². The maximum atomic E-state index is 13.0. The van der Waals surface area contributed by atoms with Crippen LogP contribution in [0.5, 0.6) is 0 Å². The Kier molecular flexibility index (Phi) is 5.25. The Balaban J connectivity index is 1.46. The SMILES string of the molecule is O=C(c1ccc(-c2ccc(Br)s2)cc1)N1CCC[C@H]1CN1CCCC1. The van der Waals surface area contributed by atoms with Gasteiger partial charge in [-0.2, -0.15) is 0 Å². The van der Waals surface area contributed by atoms with E-state index in [2.05, 4.69) is 50.0 Å². The lowest BCUT2D eigenvalue weighted by Gasteiger charge is -2.28. The van der Waals surface area contributed by atoms with Crippen LogP contribution in [0.3, 0.4) is 0 Å². The minimum absolute atomic E-state index is 0.195. The van der Waals surface area contributed by atoms with Gasteiger partial charge in [-0.15, -0.1) is 11.3 Å². The highest BCUT2D eigenvalue weighted by Crippen LogP contribution is 2.31. The van der Waals surface area contributed by atoms with Gasteiger partial charge >= 0.3 is 0 Å². The van der Waals surface area contributed by atoms with E-state index in [-0.39, 0.29) is 5.91 Å². The molecule has 2 aliphatic rings. The Morgan fingerprint density at radius 2 is 1.80 bits per heavy atom. The molecule has 1 aromatic heterocycles. The summed E-state index contributed by atoms with van der Waals surface area (Å²) in [7, 11) is 0. The molecule has 0 spiro atoms. The van der Waals surface area contributed by atoms with Crippen molar-refractivity contribution < 1.29 is 4.79 Å². The molecule has 25 heavy (non-hydrogen) atoms. The van der Waals surface area contributed by atoms with Gasteiger partial charge in [0, 0.05) is 29.6 Å². The van der Waals surface area contributed by atoms with Crippen molar-refractivity contribution in [3.63, 3.8) is 0 Å². The van der Waals surface area contributed by atoms with Crippen LogP contribution in [0.1, 0.15) is 36.0 Å². The van der Waals surface area contributed by atoms with E-state index in [0.29, 0.717) is 6.04 Å². The average Bonchev–Trinajstić information content (AvgIpc) is 3.37. The molecule has 5 heteroatoms.